The minimum absolute atomic E-state index is 0.915. The summed E-state index contributed by atoms with van der Waals surface area (Å²) in [5, 5.41) is 0. The summed E-state index contributed by atoms with van der Waals surface area (Å²) in [6.45, 7) is 5.32. The van der Waals surface area contributed by atoms with E-state index in [1.54, 1.807) is 0 Å². The van der Waals surface area contributed by atoms with Crippen LogP contribution in [0.15, 0.2) is 0 Å². The molecule has 2 aliphatic rings. The van der Waals surface area contributed by atoms with E-state index in [0.29, 0.717) is 0 Å². The standard InChI is InChI=1S/C9H17IN2/c10-12-7-3-9(4-8-12)11-5-1-2-6-11/h9H,1-8H2. The monoisotopic (exact) mass is 280 g/mol. The largest absolute Gasteiger partial charge is 0.300 e. The highest BCUT2D eigenvalue weighted by atomic mass is 127. The maximum atomic E-state index is 2.70. The lowest BCUT2D eigenvalue weighted by Gasteiger charge is -2.33. The lowest BCUT2D eigenvalue weighted by Crippen LogP contribution is -2.40. The zero-order chi connectivity index (χ0) is 8.39. The van der Waals surface area contributed by atoms with E-state index >= 15 is 0 Å². The van der Waals surface area contributed by atoms with Crippen molar-refractivity contribution in [1.82, 2.24) is 8.01 Å². The minimum atomic E-state index is 0.915. The molecule has 2 heterocycles. The Kier molecular flexibility index (Phi) is 3.26. The van der Waals surface area contributed by atoms with Crippen molar-refractivity contribution >= 4 is 22.9 Å². The Hall–Kier alpha value is 0.650. The average molecular weight is 280 g/mol. The predicted molar refractivity (Wildman–Crippen MR) is 59.4 cm³/mol. The van der Waals surface area contributed by atoms with Gasteiger partial charge in [-0.2, -0.15) is 0 Å². The molecule has 12 heavy (non-hydrogen) atoms. The molecule has 0 N–H and O–H groups in total. The van der Waals surface area contributed by atoms with E-state index in [2.05, 4.69) is 30.9 Å². The van der Waals surface area contributed by atoms with Crippen molar-refractivity contribution in [3.63, 3.8) is 0 Å². The van der Waals surface area contributed by atoms with Crippen molar-refractivity contribution in [3.8, 4) is 0 Å². The number of nitrogens with zero attached hydrogens (tertiary/aromatic N) is 2. The van der Waals surface area contributed by atoms with E-state index in [0.717, 1.165) is 6.04 Å². The van der Waals surface area contributed by atoms with Gasteiger partial charge >= 0.3 is 0 Å². The van der Waals surface area contributed by atoms with Gasteiger partial charge in [0.25, 0.3) is 0 Å². The van der Waals surface area contributed by atoms with Crippen molar-refractivity contribution < 1.29 is 0 Å². The van der Waals surface area contributed by atoms with Gasteiger partial charge in [0.05, 0.1) is 0 Å². The van der Waals surface area contributed by atoms with Gasteiger partial charge in [-0.1, -0.05) is 0 Å². The molecule has 0 aromatic carbocycles. The third-order valence-electron chi connectivity index (χ3n) is 3.07. The first-order chi connectivity index (χ1) is 5.86. The maximum Gasteiger partial charge on any atom is 0.0201 e. The third-order valence-corrected chi connectivity index (χ3v) is 4.03. The summed E-state index contributed by atoms with van der Waals surface area (Å²) in [6.07, 6.45) is 5.65. The van der Waals surface area contributed by atoms with Crippen molar-refractivity contribution in [2.45, 2.75) is 31.7 Å². The number of halogens is 1. The van der Waals surface area contributed by atoms with Gasteiger partial charge in [-0.15, -0.1) is 0 Å². The molecule has 0 unspecified atom stereocenters. The average Bonchev–Trinajstić information content (AvgIpc) is 2.58. The Morgan fingerprint density at radius 2 is 1.50 bits per heavy atom. The van der Waals surface area contributed by atoms with Gasteiger partial charge in [0, 0.05) is 42.0 Å². The van der Waals surface area contributed by atoms with Gasteiger partial charge in [0.1, 0.15) is 0 Å². The van der Waals surface area contributed by atoms with Crippen LogP contribution in [0, 0.1) is 0 Å². The summed E-state index contributed by atoms with van der Waals surface area (Å²) < 4.78 is 2.42. The molecule has 0 bridgehead atoms. The van der Waals surface area contributed by atoms with Gasteiger partial charge in [-0.05, 0) is 38.8 Å². The van der Waals surface area contributed by atoms with Gasteiger partial charge in [-0.3, -0.25) is 0 Å². The third kappa shape index (κ3) is 2.12. The number of piperidine rings is 1. The molecule has 0 radical (unpaired) electrons. The second-order valence-electron chi connectivity index (χ2n) is 3.88. The molecule has 2 aliphatic heterocycles. The molecule has 0 spiro atoms. The zero-order valence-corrected chi connectivity index (χ0v) is 9.66. The fourth-order valence-corrected chi connectivity index (χ4v) is 2.86. The second kappa shape index (κ2) is 4.24. The topological polar surface area (TPSA) is 6.48 Å². The molecule has 3 heteroatoms. The Labute approximate surface area is 88.8 Å². The second-order valence-corrected chi connectivity index (χ2v) is 5.25. The van der Waals surface area contributed by atoms with Gasteiger partial charge in [0.15, 0.2) is 0 Å². The molecule has 70 valence electrons. The minimum Gasteiger partial charge on any atom is -0.300 e. The van der Waals surface area contributed by atoms with E-state index in [4.69, 9.17) is 0 Å². The molecule has 0 aliphatic carbocycles. The van der Waals surface area contributed by atoms with Gasteiger partial charge in [-0.25, -0.2) is 3.11 Å². The van der Waals surface area contributed by atoms with Crippen molar-refractivity contribution in [3.05, 3.63) is 0 Å². The molecule has 0 aromatic rings. The lowest BCUT2D eigenvalue weighted by atomic mass is 10.1. The van der Waals surface area contributed by atoms with Crippen molar-refractivity contribution in [2.24, 2.45) is 0 Å². The summed E-state index contributed by atoms with van der Waals surface area (Å²) >= 11 is 2.44. The number of rotatable bonds is 1. The molecule has 2 nitrogen and oxygen atoms in total. The van der Waals surface area contributed by atoms with E-state index in [-0.39, 0.29) is 0 Å². The van der Waals surface area contributed by atoms with Crippen LogP contribution in [0.25, 0.3) is 0 Å². The molecule has 0 atom stereocenters. The fourth-order valence-electron chi connectivity index (χ4n) is 2.31. The van der Waals surface area contributed by atoms with E-state index in [1.165, 1.54) is 51.9 Å². The van der Waals surface area contributed by atoms with Crippen molar-refractivity contribution in [2.75, 3.05) is 26.2 Å². The van der Waals surface area contributed by atoms with E-state index in [1.807, 2.05) is 0 Å². The van der Waals surface area contributed by atoms with E-state index < -0.39 is 0 Å². The molecular weight excluding hydrogens is 263 g/mol. The number of likely N-dealkylation sites (tertiary alicyclic amines) is 1. The van der Waals surface area contributed by atoms with Crippen LogP contribution in [0.3, 0.4) is 0 Å². The van der Waals surface area contributed by atoms with Crippen LogP contribution in [0.4, 0.5) is 0 Å². The first-order valence-corrected chi connectivity index (χ1v) is 5.97. The summed E-state index contributed by atoms with van der Waals surface area (Å²) in [7, 11) is 0. The number of hydrogen-bond acceptors (Lipinski definition) is 2. The van der Waals surface area contributed by atoms with Crippen LogP contribution in [0.5, 0.6) is 0 Å². The zero-order valence-electron chi connectivity index (χ0n) is 7.51. The van der Waals surface area contributed by atoms with Crippen LogP contribution >= 0.6 is 22.9 Å². The molecule has 2 fully saturated rings. The van der Waals surface area contributed by atoms with Crippen LogP contribution in [-0.4, -0.2) is 40.2 Å². The summed E-state index contributed by atoms with van der Waals surface area (Å²) in [4.78, 5) is 2.70. The van der Waals surface area contributed by atoms with Crippen LogP contribution in [-0.2, 0) is 0 Å². The Morgan fingerprint density at radius 1 is 0.917 bits per heavy atom. The predicted octanol–water partition coefficient (Wildman–Crippen LogP) is 1.90. The van der Waals surface area contributed by atoms with Crippen LogP contribution in [0.2, 0.25) is 0 Å². The lowest BCUT2D eigenvalue weighted by molar-refractivity contribution is 0.178. The highest BCUT2D eigenvalue weighted by molar-refractivity contribution is 14.1. The summed E-state index contributed by atoms with van der Waals surface area (Å²) in [6, 6.07) is 0.915. The van der Waals surface area contributed by atoms with Crippen LogP contribution < -0.4 is 0 Å². The molecule has 0 aromatic heterocycles. The smallest absolute Gasteiger partial charge is 0.0201 e. The SMILES string of the molecule is IN1CCC(N2CCCC2)CC1. The highest BCUT2D eigenvalue weighted by Gasteiger charge is 2.25. The van der Waals surface area contributed by atoms with Gasteiger partial charge in [0.2, 0.25) is 0 Å². The first-order valence-electron chi connectivity index (χ1n) is 5.01. The quantitative estimate of drug-likeness (QED) is 0.534. The molecular formula is C9H17IN2. The van der Waals surface area contributed by atoms with Crippen molar-refractivity contribution in [1.29, 1.82) is 0 Å². The van der Waals surface area contributed by atoms with E-state index in [9.17, 15) is 0 Å². The fraction of sp³-hybridized carbons (Fsp3) is 1.00. The van der Waals surface area contributed by atoms with Crippen LogP contribution in [0.1, 0.15) is 25.7 Å². The number of hydrogen-bond donors (Lipinski definition) is 0. The first kappa shape index (κ1) is 9.21. The van der Waals surface area contributed by atoms with Gasteiger partial charge < -0.3 is 4.90 Å². The maximum absolute atomic E-state index is 2.70. The summed E-state index contributed by atoms with van der Waals surface area (Å²) in [5.41, 5.74) is 0. The Morgan fingerprint density at radius 3 is 2.08 bits per heavy atom. The molecule has 0 saturated carbocycles. The molecule has 0 amide bonds. The normalized spacial score (nSPS) is 29.8. The Bertz CT molecular complexity index is 137. The molecule has 2 rings (SSSR count). The highest BCUT2D eigenvalue weighted by Crippen LogP contribution is 2.22. The molecule has 2 saturated heterocycles. The Balaban J connectivity index is 1.80. The summed E-state index contributed by atoms with van der Waals surface area (Å²) in [5.74, 6) is 0.